The minimum atomic E-state index is -0.311. The first-order chi connectivity index (χ1) is 8.13. The van der Waals surface area contributed by atoms with Crippen molar-refractivity contribution in [3.8, 4) is 17.0 Å². The molecule has 0 unspecified atom stereocenters. The van der Waals surface area contributed by atoms with Gasteiger partial charge in [0, 0.05) is 10.6 Å². The van der Waals surface area contributed by atoms with Gasteiger partial charge in [-0.05, 0) is 18.6 Å². The lowest BCUT2D eigenvalue weighted by molar-refractivity contribution is 0.408. The van der Waals surface area contributed by atoms with Crippen molar-refractivity contribution < 1.29 is 4.74 Å². The van der Waals surface area contributed by atoms with E-state index < -0.39 is 0 Å². The highest BCUT2D eigenvalue weighted by atomic mass is 35.5. The van der Waals surface area contributed by atoms with E-state index in [-0.39, 0.29) is 11.3 Å². The summed E-state index contributed by atoms with van der Waals surface area (Å²) in [5.74, 6) is 0.187. The number of aromatic amines is 1. The number of H-pyrrole nitrogens is 1. The van der Waals surface area contributed by atoms with Gasteiger partial charge in [-0.15, -0.1) is 0 Å². The molecule has 2 aromatic rings. The number of halogens is 1. The summed E-state index contributed by atoms with van der Waals surface area (Å²) in [6, 6.07) is 5.49. The molecular weight excluding hydrogens is 240 g/mol. The van der Waals surface area contributed by atoms with Gasteiger partial charge < -0.3 is 9.72 Å². The molecule has 0 bridgehead atoms. The highest BCUT2D eigenvalue weighted by Crippen LogP contribution is 2.27. The van der Waals surface area contributed by atoms with E-state index in [1.165, 1.54) is 13.4 Å². The summed E-state index contributed by atoms with van der Waals surface area (Å²) < 4.78 is 5.05. The largest absolute Gasteiger partial charge is 0.490 e. The summed E-state index contributed by atoms with van der Waals surface area (Å²) in [4.78, 5) is 18.1. The highest BCUT2D eigenvalue weighted by Gasteiger charge is 2.11. The Bertz CT molecular complexity index is 608. The number of hydrogen-bond acceptors (Lipinski definition) is 3. The summed E-state index contributed by atoms with van der Waals surface area (Å²) in [5.41, 5.74) is 1.90. The lowest BCUT2D eigenvalue weighted by Gasteiger charge is -2.07. The van der Waals surface area contributed by atoms with Crippen LogP contribution in [0.15, 0.2) is 29.3 Å². The molecular formula is C12H11ClN2O2. The fraction of sp³-hybridized carbons (Fsp3) is 0.167. The number of benzene rings is 1. The third kappa shape index (κ3) is 2.17. The zero-order valence-electron chi connectivity index (χ0n) is 9.45. The van der Waals surface area contributed by atoms with E-state index in [1.807, 2.05) is 19.1 Å². The maximum atomic E-state index is 11.5. The fourth-order valence-electron chi connectivity index (χ4n) is 1.52. The second-order valence-electron chi connectivity index (χ2n) is 3.58. The van der Waals surface area contributed by atoms with Crippen molar-refractivity contribution in [2.45, 2.75) is 6.92 Å². The first-order valence-electron chi connectivity index (χ1n) is 5.01. The fourth-order valence-corrected chi connectivity index (χ4v) is 1.70. The second kappa shape index (κ2) is 4.59. The summed E-state index contributed by atoms with van der Waals surface area (Å²) >= 11 is 6.04. The van der Waals surface area contributed by atoms with Crippen LogP contribution in [0.2, 0.25) is 5.02 Å². The van der Waals surface area contributed by atoms with E-state index in [9.17, 15) is 4.79 Å². The van der Waals surface area contributed by atoms with Crippen LogP contribution in [0, 0.1) is 6.92 Å². The van der Waals surface area contributed by atoms with Gasteiger partial charge in [0.25, 0.3) is 5.56 Å². The van der Waals surface area contributed by atoms with E-state index in [0.29, 0.717) is 10.7 Å². The molecule has 0 aliphatic heterocycles. The van der Waals surface area contributed by atoms with Crippen molar-refractivity contribution in [2.24, 2.45) is 0 Å². The van der Waals surface area contributed by atoms with Crippen molar-refractivity contribution in [1.82, 2.24) is 9.97 Å². The van der Waals surface area contributed by atoms with E-state index >= 15 is 0 Å². The lowest BCUT2D eigenvalue weighted by atomic mass is 10.1. The molecule has 0 aliphatic carbocycles. The van der Waals surface area contributed by atoms with Crippen LogP contribution in [0.5, 0.6) is 5.75 Å². The molecule has 0 fully saturated rings. The number of nitrogens with zero attached hydrogens (tertiary/aromatic N) is 1. The van der Waals surface area contributed by atoms with Gasteiger partial charge in [-0.3, -0.25) is 4.79 Å². The predicted molar refractivity (Wildman–Crippen MR) is 66.6 cm³/mol. The Labute approximate surface area is 103 Å². The molecule has 1 aromatic carbocycles. The van der Waals surface area contributed by atoms with Gasteiger partial charge in [-0.25, -0.2) is 4.98 Å². The molecule has 0 radical (unpaired) electrons. The van der Waals surface area contributed by atoms with Crippen molar-refractivity contribution in [2.75, 3.05) is 7.11 Å². The number of ether oxygens (including phenoxy) is 1. The first kappa shape index (κ1) is 11.7. The Morgan fingerprint density at radius 2 is 2.18 bits per heavy atom. The molecule has 1 N–H and O–H groups in total. The van der Waals surface area contributed by atoms with Crippen LogP contribution in [0.3, 0.4) is 0 Å². The maximum Gasteiger partial charge on any atom is 0.293 e. The van der Waals surface area contributed by atoms with Gasteiger partial charge in [0.2, 0.25) is 5.75 Å². The van der Waals surface area contributed by atoms with Crippen molar-refractivity contribution in [3.63, 3.8) is 0 Å². The zero-order valence-corrected chi connectivity index (χ0v) is 10.2. The molecule has 0 amide bonds. The SMILES string of the molecule is COc1c(-c2ccc(C)c(Cl)c2)nc[nH]c1=O. The molecule has 0 spiro atoms. The van der Waals surface area contributed by atoms with E-state index in [0.717, 1.165) is 11.1 Å². The monoisotopic (exact) mass is 250 g/mol. The zero-order chi connectivity index (χ0) is 12.4. The minimum Gasteiger partial charge on any atom is -0.490 e. The van der Waals surface area contributed by atoms with E-state index in [4.69, 9.17) is 16.3 Å². The average Bonchev–Trinajstić information content (AvgIpc) is 2.32. The van der Waals surface area contributed by atoms with Crippen LogP contribution < -0.4 is 10.3 Å². The number of aromatic nitrogens is 2. The molecule has 0 saturated carbocycles. The molecule has 5 heteroatoms. The van der Waals surface area contributed by atoms with Crippen LogP contribution in [0.4, 0.5) is 0 Å². The molecule has 1 heterocycles. The van der Waals surface area contributed by atoms with Gasteiger partial charge in [0.05, 0.1) is 13.4 Å². The topological polar surface area (TPSA) is 55.0 Å². The van der Waals surface area contributed by atoms with Gasteiger partial charge in [-0.2, -0.15) is 0 Å². The quantitative estimate of drug-likeness (QED) is 0.891. The Hall–Kier alpha value is -1.81. The number of aryl methyl sites for hydroxylation is 1. The minimum absolute atomic E-state index is 0.187. The van der Waals surface area contributed by atoms with Crippen LogP contribution in [0.1, 0.15) is 5.56 Å². The van der Waals surface area contributed by atoms with Crippen molar-refractivity contribution in [1.29, 1.82) is 0 Å². The van der Waals surface area contributed by atoms with Gasteiger partial charge >= 0.3 is 0 Å². The standard InChI is InChI=1S/C12H11ClN2O2/c1-7-3-4-8(5-9(7)13)10-11(17-2)12(16)15-6-14-10/h3-6H,1-2H3,(H,14,15,16). The third-order valence-corrected chi connectivity index (χ3v) is 2.87. The van der Waals surface area contributed by atoms with Crippen LogP contribution in [0.25, 0.3) is 11.3 Å². The smallest absolute Gasteiger partial charge is 0.293 e. The van der Waals surface area contributed by atoms with Crippen molar-refractivity contribution in [3.05, 3.63) is 45.5 Å². The Morgan fingerprint density at radius 3 is 2.82 bits per heavy atom. The molecule has 1 aromatic heterocycles. The first-order valence-corrected chi connectivity index (χ1v) is 5.39. The van der Waals surface area contributed by atoms with E-state index in [1.54, 1.807) is 6.07 Å². The average molecular weight is 251 g/mol. The normalized spacial score (nSPS) is 10.3. The van der Waals surface area contributed by atoms with Crippen molar-refractivity contribution >= 4 is 11.6 Å². The third-order valence-electron chi connectivity index (χ3n) is 2.46. The Balaban J connectivity index is 2.64. The van der Waals surface area contributed by atoms with Crippen LogP contribution in [-0.2, 0) is 0 Å². The summed E-state index contributed by atoms with van der Waals surface area (Å²) in [7, 11) is 1.44. The van der Waals surface area contributed by atoms with Gasteiger partial charge in [0.15, 0.2) is 0 Å². The number of methoxy groups -OCH3 is 1. The molecule has 2 rings (SSSR count). The van der Waals surface area contributed by atoms with E-state index in [2.05, 4.69) is 9.97 Å². The molecule has 0 saturated heterocycles. The Kier molecular flexibility index (Phi) is 3.15. The van der Waals surface area contributed by atoms with Crippen LogP contribution in [-0.4, -0.2) is 17.1 Å². The molecule has 0 aliphatic rings. The molecule has 4 nitrogen and oxygen atoms in total. The highest BCUT2D eigenvalue weighted by molar-refractivity contribution is 6.31. The van der Waals surface area contributed by atoms with Gasteiger partial charge in [-0.1, -0.05) is 23.7 Å². The summed E-state index contributed by atoms with van der Waals surface area (Å²) in [6.45, 7) is 1.91. The molecule has 88 valence electrons. The number of hydrogen-bond donors (Lipinski definition) is 1. The number of rotatable bonds is 2. The molecule has 0 atom stereocenters. The second-order valence-corrected chi connectivity index (χ2v) is 3.98. The number of nitrogens with one attached hydrogen (secondary N) is 1. The molecule has 17 heavy (non-hydrogen) atoms. The summed E-state index contributed by atoms with van der Waals surface area (Å²) in [6.07, 6.45) is 1.34. The van der Waals surface area contributed by atoms with Gasteiger partial charge in [0.1, 0.15) is 5.69 Å². The summed E-state index contributed by atoms with van der Waals surface area (Å²) in [5, 5.41) is 0.631. The lowest BCUT2D eigenvalue weighted by Crippen LogP contribution is -2.11. The van der Waals surface area contributed by atoms with Crippen LogP contribution >= 0.6 is 11.6 Å². The maximum absolute atomic E-state index is 11.5. The Morgan fingerprint density at radius 1 is 1.41 bits per heavy atom. The predicted octanol–water partition coefficient (Wildman–Crippen LogP) is 2.41.